The number of rotatable bonds is 13. The van der Waals surface area contributed by atoms with Crippen LogP contribution in [0.15, 0.2) is 36.4 Å². The summed E-state index contributed by atoms with van der Waals surface area (Å²) in [5.74, 6) is 0.877. The molecule has 1 unspecified atom stereocenters. The number of aromatic nitrogens is 1. The molecule has 1 nitrogen and oxygen atoms in total. The van der Waals surface area contributed by atoms with E-state index >= 15 is 0 Å². The molecule has 1 aliphatic rings. The molecule has 0 aliphatic heterocycles. The lowest BCUT2D eigenvalue weighted by Crippen LogP contribution is -2.15. The molecule has 0 spiro atoms. The van der Waals surface area contributed by atoms with Gasteiger partial charge in [0.2, 0.25) is 0 Å². The maximum Gasteiger partial charge on any atom is 0.0705 e. The molecule has 0 saturated heterocycles. The third kappa shape index (κ3) is 7.25. The zero-order chi connectivity index (χ0) is 21.0. The molecule has 3 rings (SSSR count). The summed E-state index contributed by atoms with van der Waals surface area (Å²) >= 11 is 0. The number of nitrogens with zero attached hydrogens (tertiary/aromatic N) is 1. The van der Waals surface area contributed by atoms with Crippen LogP contribution in [-0.4, -0.2) is 4.98 Å². The van der Waals surface area contributed by atoms with Crippen LogP contribution in [0.3, 0.4) is 0 Å². The Bertz CT molecular complexity index is 731. The quantitative estimate of drug-likeness (QED) is 0.304. The second kappa shape index (κ2) is 12.9. The SMILES string of the molecule is CCCCCCCCCc1ccc(-c2ccc3c(n2)CCC(CCCCC)C3)cc1. The topological polar surface area (TPSA) is 12.9 Å². The average Bonchev–Trinajstić information content (AvgIpc) is 2.79. The molecule has 1 aromatic heterocycles. The summed E-state index contributed by atoms with van der Waals surface area (Å²) in [4.78, 5) is 5.06. The van der Waals surface area contributed by atoms with Crippen LogP contribution in [0.2, 0.25) is 0 Å². The number of hydrogen-bond acceptors (Lipinski definition) is 1. The lowest BCUT2D eigenvalue weighted by atomic mass is 9.83. The van der Waals surface area contributed by atoms with Crippen LogP contribution in [0, 0.1) is 5.92 Å². The largest absolute Gasteiger partial charge is 0.253 e. The van der Waals surface area contributed by atoms with Crippen molar-refractivity contribution in [2.24, 2.45) is 5.92 Å². The van der Waals surface area contributed by atoms with Crippen molar-refractivity contribution in [2.75, 3.05) is 0 Å². The third-order valence-corrected chi connectivity index (χ3v) is 6.90. The highest BCUT2D eigenvalue weighted by atomic mass is 14.7. The van der Waals surface area contributed by atoms with Gasteiger partial charge in [-0.15, -0.1) is 0 Å². The van der Waals surface area contributed by atoms with Crippen molar-refractivity contribution in [1.82, 2.24) is 4.98 Å². The summed E-state index contributed by atoms with van der Waals surface area (Å²) in [6.07, 6.45) is 20.1. The molecule has 1 aliphatic carbocycles. The van der Waals surface area contributed by atoms with Crippen molar-refractivity contribution in [1.29, 1.82) is 0 Å². The molecule has 164 valence electrons. The van der Waals surface area contributed by atoms with Crippen LogP contribution in [0.1, 0.15) is 108 Å². The van der Waals surface area contributed by atoms with E-state index in [2.05, 4.69) is 50.2 Å². The van der Waals surface area contributed by atoms with Gasteiger partial charge in [0, 0.05) is 11.3 Å². The Labute approximate surface area is 185 Å². The Hall–Kier alpha value is -1.63. The Morgan fingerprint density at radius 3 is 2.23 bits per heavy atom. The van der Waals surface area contributed by atoms with E-state index in [1.165, 1.54) is 112 Å². The Kier molecular flexibility index (Phi) is 9.93. The second-order valence-corrected chi connectivity index (χ2v) is 9.48. The highest BCUT2D eigenvalue weighted by molar-refractivity contribution is 5.60. The Balaban J connectivity index is 1.47. The van der Waals surface area contributed by atoms with E-state index in [0.717, 1.165) is 18.0 Å². The predicted octanol–water partition coefficient (Wildman–Crippen LogP) is 8.73. The molecule has 1 heterocycles. The first-order valence-corrected chi connectivity index (χ1v) is 12.9. The van der Waals surface area contributed by atoms with Gasteiger partial charge >= 0.3 is 0 Å². The summed E-state index contributed by atoms with van der Waals surface area (Å²) in [7, 11) is 0. The van der Waals surface area contributed by atoms with Gasteiger partial charge in [0.15, 0.2) is 0 Å². The summed E-state index contributed by atoms with van der Waals surface area (Å²) in [6.45, 7) is 4.58. The first-order valence-electron chi connectivity index (χ1n) is 12.9. The average molecular weight is 406 g/mol. The first kappa shape index (κ1) is 23.0. The summed E-state index contributed by atoms with van der Waals surface area (Å²) in [5, 5.41) is 0. The van der Waals surface area contributed by atoms with Crippen LogP contribution >= 0.6 is 0 Å². The minimum Gasteiger partial charge on any atom is -0.253 e. The molecular formula is C29H43N. The molecule has 0 N–H and O–H groups in total. The van der Waals surface area contributed by atoms with E-state index in [9.17, 15) is 0 Å². The Morgan fingerprint density at radius 2 is 1.47 bits per heavy atom. The van der Waals surface area contributed by atoms with Crippen molar-refractivity contribution in [3.63, 3.8) is 0 Å². The molecular weight excluding hydrogens is 362 g/mol. The van der Waals surface area contributed by atoms with E-state index in [4.69, 9.17) is 4.98 Å². The number of unbranched alkanes of at least 4 members (excludes halogenated alkanes) is 8. The van der Waals surface area contributed by atoms with Crippen molar-refractivity contribution < 1.29 is 0 Å². The number of aryl methyl sites for hydroxylation is 2. The lowest BCUT2D eigenvalue weighted by Gasteiger charge is -2.24. The third-order valence-electron chi connectivity index (χ3n) is 6.90. The van der Waals surface area contributed by atoms with Crippen molar-refractivity contribution in [2.45, 2.75) is 110 Å². The normalized spacial score (nSPS) is 15.9. The predicted molar refractivity (Wildman–Crippen MR) is 131 cm³/mol. The van der Waals surface area contributed by atoms with E-state index in [1.807, 2.05) is 0 Å². The maximum absolute atomic E-state index is 5.06. The monoisotopic (exact) mass is 405 g/mol. The van der Waals surface area contributed by atoms with Crippen LogP contribution in [0.25, 0.3) is 11.3 Å². The van der Waals surface area contributed by atoms with Crippen LogP contribution in [0.5, 0.6) is 0 Å². The van der Waals surface area contributed by atoms with Crippen molar-refractivity contribution >= 4 is 0 Å². The molecule has 1 aromatic carbocycles. The minimum atomic E-state index is 0.877. The van der Waals surface area contributed by atoms with Gasteiger partial charge in [-0.1, -0.05) is 108 Å². The van der Waals surface area contributed by atoms with Gasteiger partial charge < -0.3 is 0 Å². The van der Waals surface area contributed by atoms with Gasteiger partial charge in [-0.05, 0) is 55.2 Å². The van der Waals surface area contributed by atoms with Gasteiger partial charge in [-0.2, -0.15) is 0 Å². The molecule has 0 saturated carbocycles. The van der Waals surface area contributed by atoms with Crippen LogP contribution in [0.4, 0.5) is 0 Å². The van der Waals surface area contributed by atoms with Gasteiger partial charge in [-0.25, -0.2) is 0 Å². The molecule has 30 heavy (non-hydrogen) atoms. The molecule has 2 aromatic rings. The van der Waals surface area contributed by atoms with Crippen LogP contribution < -0.4 is 0 Å². The van der Waals surface area contributed by atoms with Gasteiger partial charge in [-0.3, -0.25) is 4.98 Å². The smallest absolute Gasteiger partial charge is 0.0705 e. The minimum absolute atomic E-state index is 0.877. The highest BCUT2D eigenvalue weighted by Crippen LogP contribution is 2.30. The fourth-order valence-electron chi connectivity index (χ4n) is 4.91. The highest BCUT2D eigenvalue weighted by Gasteiger charge is 2.19. The number of fused-ring (bicyclic) bond motifs is 1. The molecule has 0 amide bonds. The van der Waals surface area contributed by atoms with Gasteiger partial charge in [0.1, 0.15) is 0 Å². The lowest BCUT2D eigenvalue weighted by molar-refractivity contribution is 0.404. The first-order chi connectivity index (χ1) is 14.8. The fraction of sp³-hybridized carbons (Fsp3) is 0.621. The zero-order valence-electron chi connectivity index (χ0n) is 19.6. The number of hydrogen-bond donors (Lipinski definition) is 0. The van der Waals surface area contributed by atoms with Crippen molar-refractivity contribution in [3.05, 3.63) is 53.2 Å². The number of pyridine rings is 1. The fourth-order valence-corrected chi connectivity index (χ4v) is 4.91. The van der Waals surface area contributed by atoms with E-state index in [-0.39, 0.29) is 0 Å². The molecule has 0 radical (unpaired) electrons. The summed E-state index contributed by atoms with van der Waals surface area (Å²) in [5.41, 5.74) is 6.75. The summed E-state index contributed by atoms with van der Waals surface area (Å²) in [6, 6.07) is 13.8. The van der Waals surface area contributed by atoms with Gasteiger partial charge in [0.25, 0.3) is 0 Å². The van der Waals surface area contributed by atoms with Gasteiger partial charge in [0.05, 0.1) is 5.69 Å². The Morgan fingerprint density at radius 1 is 0.767 bits per heavy atom. The molecule has 0 fully saturated rings. The molecule has 0 bridgehead atoms. The molecule has 1 atom stereocenters. The van der Waals surface area contributed by atoms with E-state index in [0.29, 0.717) is 0 Å². The van der Waals surface area contributed by atoms with Crippen molar-refractivity contribution in [3.8, 4) is 11.3 Å². The second-order valence-electron chi connectivity index (χ2n) is 9.48. The van der Waals surface area contributed by atoms with E-state index < -0.39 is 0 Å². The zero-order valence-corrected chi connectivity index (χ0v) is 19.6. The molecule has 1 heteroatoms. The standard InChI is InChI=1S/C29H43N/c1-3-5-7-8-9-10-12-13-24-15-18-26(19-16-24)28-22-20-27-23-25(14-11-6-4-2)17-21-29(27)30-28/h15-16,18-20,22,25H,3-14,17,21,23H2,1-2H3. The van der Waals surface area contributed by atoms with Crippen LogP contribution in [-0.2, 0) is 19.3 Å². The van der Waals surface area contributed by atoms with E-state index in [1.54, 1.807) is 0 Å². The number of benzene rings is 1. The summed E-state index contributed by atoms with van der Waals surface area (Å²) < 4.78 is 0. The maximum atomic E-state index is 5.06.